The summed E-state index contributed by atoms with van der Waals surface area (Å²) in [6, 6.07) is 20.1. The zero-order valence-corrected chi connectivity index (χ0v) is 15.0. The van der Waals surface area contributed by atoms with E-state index in [4.69, 9.17) is 9.47 Å². The van der Waals surface area contributed by atoms with Crippen molar-refractivity contribution < 1.29 is 19.1 Å². The van der Waals surface area contributed by atoms with E-state index in [1.54, 1.807) is 0 Å². The Morgan fingerprint density at radius 3 is 1.35 bits per heavy atom. The van der Waals surface area contributed by atoms with Crippen LogP contribution in [0.5, 0.6) is 0 Å². The van der Waals surface area contributed by atoms with Gasteiger partial charge in [-0.2, -0.15) is 0 Å². The zero-order valence-electron chi connectivity index (χ0n) is 15.0. The van der Waals surface area contributed by atoms with E-state index in [0.717, 1.165) is 24.0 Å². The molecule has 4 atom stereocenters. The average molecular weight is 350 g/mol. The molecule has 0 aromatic heterocycles. The lowest BCUT2D eigenvalue weighted by molar-refractivity contribution is -0.213. The van der Waals surface area contributed by atoms with E-state index in [9.17, 15) is 9.59 Å². The van der Waals surface area contributed by atoms with Gasteiger partial charge in [-0.25, -0.2) is 0 Å². The Bertz CT molecular complexity index is 760. The van der Waals surface area contributed by atoms with E-state index < -0.39 is 22.7 Å². The van der Waals surface area contributed by atoms with E-state index in [1.165, 1.54) is 14.2 Å². The van der Waals surface area contributed by atoms with Crippen LogP contribution in [0, 0.1) is 11.8 Å². The number of benzene rings is 2. The lowest BCUT2D eigenvalue weighted by atomic mass is 9.26. The number of esters is 2. The van der Waals surface area contributed by atoms with Gasteiger partial charge in [-0.1, -0.05) is 60.7 Å². The van der Waals surface area contributed by atoms with Crippen LogP contribution >= 0.6 is 0 Å². The Morgan fingerprint density at radius 1 is 0.731 bits per heavy atom. The van der Waals surface area contributed by atoms with Gasteiger partial charge >= 0.3 is 11.9 Å². The smallest absolute Gasteiger partial charge is 0.310 e. The summed E-state index contributed by atoms with van der Waals surface area (Å²) >= 11 is 0. The summed E-state index contributed by atoms with van der Waals surface area (Å²) in [6.45, 7) is 0. The van der Waals surface area contributed by atoms with Crippen LogP contribution in [-0.2, 0) is 29.9 Å². The molecule has 4 rings (SSSR count). The maximum Gasteiger partial charge on any atom is 0.310 e. The molecule has 0 heterocycles. The molecule has 0 unspecified atom stereocenters. The van der Waals surface area contributed by atoms with Crippen LogP contribution in [0.3, 0.4) is 0 Å². The molecule has 0 radical (unpaired) electrons. The maximum atomic E-state index is 12.7. The van der Waals surface area contributed by atoms with Crippen LogP contribution in [0.15, 0.2) is 60.7 Å². The van der Waals surface area contributed by atoms with Crippen LogP contribution in [0.1, 0.15) is 24.0 Å². The van der Waals surface area contributed by atoms with Gasteiger partial charge in [0.15, 0.2) is 0 Å². The average Bonchev–Trinajstić information content (AvgIpc) is 2.69. The summed E-state index contributed by atoms with van der Waals surface area (Å²) in [5, 5.41) is 0. The van der Waals surface area contributed by atoms with Crippen molar-refractivity contribution in [2.24, 2.45) is 11.8 Å². The van der Waals surface area contributed by atoms with Crippen LogP contribution in [0.2, 0.25) is 0 Å². The van der Waals surface area contributed by atoms with Gasteiger partial charge in [-0.05, 0) is 24.0 Å². The molecule has 2 aromatic carbocycles. The normalized spacial score (nSPS) is 31.8. The van der Waals surface area contributed by atoms with Crippen molar-refractivity contribution >= 4 is 11.9 Å². The van der Waals surface area contributed by atoms with Crippen LogP contribution in [-0.4, -0.2) is 26.2 Å². The molecule has 2 aliphatic rings. The minimum Gasteiger partial charge on any atom is -0.469 e. The van der Waals surface area contributed by atoms with Gasteiger partial charge in [0.2, 0.25) is 0 Å². The predicted molar refractivity (Wildman–Crippen MR) is 96.5 cm³/mol. The number of methoxy groups -OCH3 is 2. The summed E-state index contributed by atoms with van der Waals surface area (Å²) in [5.41, 5.74) is 1.32. The molecule has 2 saturated carbocycles. The van der Waals surface area contributed by atoms with Crippen molar-refractivity contribution in [1.29, 1.82) is 0 Å². The molecular weight excluding hydrogens is 328 g/mol. The molecule has 2 fully saturated rings. The molecule has 0 N–H and O–H groups in total. The molecule has 0 aliphatic heterocycles. The first-order valence-electron chi connectivity index (χ1n) is 8.90. The molecule has 4 heteroatoms. The third-order valence-electron chi connectivity index (χ3n) is 6.59. The van der Waals surface area contributed by atoms with Gasteiger partial charge in [0.05, 0.1) is 26.1 Å². The summed E-state index contributed by atoms with van der Waals surface area (Å²) < 4.78 is 10.2. The molecule has 4 nitrogen and oxygen atoms in total. The number of carbonyl (C=O) groups is 2. The maximum absolute atomic E-state index is 12.7. The Hall–Kier alpha value is -2.62. The first kappa shape index (κ1) is 16.8. The van der Waals surface area contributed by atoms with Crippen molar-refractivity contribution in [2.75, 3.05) is 14.2 Å². The molecular formula is C22H22O4. The quantitative estimate of drug-likeness (QED) is 0.795. The SMILES string of the molecule is COC(=O)[C@H]1[C@H](C(=O)OC)[C@]2(c3ccccc3)CC[C@]12c1ccccc1. The molecule has 0 amide bonds. The number of hydrogen-bond donors (Lipinski definition) is 0. The second-order valence-electron chi connectivity index (χ2n) is 7.18. The fraction of sp³-hybridized carbons (Fsp3) is 0.364. The summed E-state index contributed by atoms with van der Waals surface area (Å²) in [5.74, 6) is -1.74. The van der Waals surface area contributed by atoms with E-state index in [1.807, 2.05) is 36.4 Å². The molecule has 2 aromatic rings. The predicted octanol–water partition coefficient (Wildman–Crippen LogP) is 3.25. The Morgan fingerprint density at radius 2 is 1.08 bits per heavy atom. The number of carbonyl (C=O) groups excluding carboxylic acids is 2. The molecule has 26 heavy (non-hydrogen) atoms. The minimum atomic E-state index is -0.531. The van der Waals surface area contributed by atoms with E-state index >= 15 is 0 Å². The van der Waals surface area contributed by atoms with Gasteiger partial charge in [0.1, 0.15) is 0 Å². The Kier molecular flexibility index (Phi) is 3.87. The van der Waals surface area contributed by atoms with Crippen molar-refractivity contribution in [3.63, 3.8) is 0 Å². The molecule has 0 spiro atoms. The molecule has 0 saturated heterocycles. The van der Waals surface area contributed by atoms with Crippen molar-refractivity contribution in [3.8, 4) is 0 Å². The summed E-state index contributed by atoms with van der Waals surface area (Å²) in [7, 11) is 2.77. The monoisotopic (exact) mass is 350 g/mol. The Balaban J connectivity index is 1.94. The van der Waals surface area contributed by atoms with E-state index in [-0.39, 0.29) is 11.9 Å². The van der Waals surface area contributed by atoms with E-state index in [0.29, 0.717) is 0 Å². The first-order chi connectivity index (χ1) is 12.6. The van der Waals surface area contributed by atoms with Crippen LogP contribution in [0.4, 0.5) is 0 Å². The summed E-state index contributed by atoms with van der Waals surface area (Å²) in [4.78, 5) is 25.5. The van der Waals surface area contributed by atoms with Gasteiger partial charge in [-0.15, -0.1) is 0 Å². The lowest BCUT2D eigenvalue weighted by Crippen LogP contribution is -2.80. The largest absolute Gasteiger partial charge is 0.469 e. The van der Waals surface area contributed by atoms with Crippen molar-refractivity contribution in [3.05, 3.63) is 71.8 Å². The van der Waals surface area contributed by atoms with Crippen molar-refractivity contribution in [1.82, 2.24) is 0 Å². The fourth-order valence-corrected chi connectivity index (χ4v) is 5.56. The van der Waals surface area contributed by atoms with E-state index in [2.05, 4.69) is 24.3 Å². The molecule has 134 valence electrons. The third kappa shape index (κ3) is 1.84. The summed E-state index contributed by atoms with van der Waals surface area (Å²) in [6.07, 6.45) is 1.69. The molecule has 2 aliphatic carbocycles. The second-order valence-corrected chi connectivity index (χ2v) is 7.18. The molecule has 0 bridgehead atoms. The van der Waals surface area contributed by atoms with Gasteiger partial charge in [-0.3, -0.25) is 9.59 Å². The second kappa shape index (κ2) is 5.97. The van der Waals surface area contributed by atoms with Crippen LogP contribution < -0.4 is 0 Å². The third-order valence-corrected chi connectivity index (χ3v) is 6.59. The number of hydrogen-bond acceptors (Lipinski definition) is 4. The topological polar surface area (TPSA) is 52.6 Å². The van der Waals surface area contributed by atoms with Crippen molar-refractivity contribution in [2.45, 2.75) is 23.7 Å². The van der Waals surface area contributed by atoms with Gasteiger partial charge < -0.3 is 9.47 Å². The first-order valence-corrected chi connectivity index (χ1v) is 8.90. The highest BCUT2D eigenvalue weighted by atomic mass is 16.5. The highest BCUT2D eigenvalue weighted by Gasteiger charge is 2.82. The fourth-order valence-electron chi connectivity index (χ4n) is 5.56. The zero-order chi connectivity index (χ0) is 18.4. The lowest BCUT2D eigenvalue weighted by Gasteiger charge is -2.74. The highest BCUT2D eigenvalue weighted by molar-refractivity contribution is 5.90. The van der Waals surface area contributed by atoms with Gasteiger partial charge in [0, 0.05) is 10.8 Å². The number of rotatable bonds is 4. The van der Waals surface area contributed by atoms with Crippen LogP contribution in [0.25, 0.3) is 0 Å². The standard InChI is InChI=1S/C22H22O4/c1-25-19(23)17-18(20(24)26-2)22(16-11-7-4-8-12-16)14-13-21(17,22)15-9-5-3-6-10-15/h3-12,17-18H,13-14H2,1-2H3/t17-,18-,21-,22+/m1/s1. The minimum absolute atomic E-state index is 0.337. The number of fused-ring (bicyclic) bond motifs is 1. The highest BCUT2D eigenvalue weighted by Crippen LogP contribution is 2.77. The Labute approximate surface area is 153 Å². The number of ether oxygens (including phenoxy) is 2. The van der Waals surface area contributed by atoms with Gasteiger partial charge in [0.25, 0.3) is 0 Å².